The summed E-state index contributed by atoms with van der Waals surface area (Å²) < 4.78 is 0. The average Bonchev–Trinajstić information content (AvgIpc) is 2.76. The third-order valence-corrected chi connectivity index (χ3v) is 4.51. The van der Waals surface area contributed by atoms with E-state index >= 15 is 0 Å². The van der Waals surface area contributed by atoms with Gasteiger partial charge in [0.15, 0.2) is 0 Å². The second kappa shape index (κ2) is 5.68. The van der Waals surface area contributed by atoms with Crippen LogP contribution in [0.2, 0.25) is 0 Å². The molecule has 0 radical (unpaired) electrons. The maximum atomic E-state index is 9.60. The topological polar surface area (TPSA) is 26.7 Å². The van der Waals surface area contributed by atoms with Crippen molar-refractivity contribution in [2.24, 2.45) is 5.41 Å². The molecule has 0 saturated carbocycles. The van der Waals surface area contributed by atoms with E-state index in [9.17, 15) is 5.11 Å². The predicted molar refractivity (Wildman–Crippen MR) is 71.1 cm³/mol. The first-order valence-electron chi connectivity index (χ1n) is 7.24. The third kappa shape index (κ3) is 3.21. The average molecular weight is 240 g/mol. The number of hydrogen-bond acceptors (Lipinski definition) is 3. The van der Waals surface area contributed by atoms with Crippen molar-refractivity contribution in [3.63, 3.8) is 0 Å². The molecule has 0 bridgehead atoms. The summed E-state index contributed by atoms with van der Waals surface area (Å²) in [5, 5.41) is 9.60. The Hall–Kier alpha value is -0.120. The fraction of sp³-hybridized carbons (Fsp3) is 1.00. The number of hydrogen-bond donors (Lipinski definition) is 1. The molecule has 2 rings (SSSR count). The SMILES string of the molecule is CCCC(C)(CO)CN1CCN2CCCC2C1. The lowest BCUT2D eigenvalue weighted by molar-refractivity contribution is 0.0382. The largest absolute Gasteiger partial charge is 0.396 e. The van der Waals surface area contributed by atoms with Crippen LogP contribution in [0.3, 0.4) is 0 Å². The van der Waals surface area contributed by atoms with Crippen LogP contribution in [0.1, 0.15) is 39.5 Å². The molecule has 2 heterocycles. The minimum Gasteiger partial charge on any atom is -0.396 e. The number of piperazine rings is 1. The van der Waals surface area contributed by atoms with Gasteiger partial charge in [0.1, 0.15) is 0 Å². The van der Waals surface area contributed by atoms with Gasteiger partial charge >= 0.3 is 0 Å². The van der Waals surface area contributed by atoms with Gasteiger partial charge in [-0.2, -0.15) is 0 Å². The number of aliphatic hydroxyl groups excluding tert-OH is 1. The van der Waals surface area contributed by atoms with Crippen molar-refractivity contribution in [3.05, 3.63) is 0 Å². The summed E-state index contributed by atoms with van der Waals surface area (Å²) in [7, 11) is 0. The van der Waals surface area contributed by atoms with Crippen LogP contribution in [-0.2, 0) is 0 Å². The van der Waals surface area contributed by atoms with Crippen molar-refractivity contribution < 1.29 is 5.11 Å². The molecule has 17 heavy (non-hydrogen) atoms. The Morgan fingerprint density at radius 3 is 2.82 bits per heavy atom. The molecule has 2 atom stereocenters. The molecule has 2 fully saturated rings. The molecule has 2 unspecified atom stereocenters. The Kier molecular flexibility index (Phi) is 4.45. The van der Waals surface area contributed by atoms with Crippen LogP contribution in [0.4, 0.5) is 0 Å². The summed E-state index contributed by atoms with van der Waals surface area (Å²) in [6.07, 6.45) is 5.06. The number of fused-ring (bicyclic) bond motifs is 1. The maximum Gasteiger partial charge on any atom is 0.0497 e. The van der Waals surface area contributed by atoms with Crippen molar-refractivity contribution in [2.45, 2.75) is 45.6 Å². The first-order valence-corrected chi connectivity index (χ1v) is 7.24. The smallest absolute Gasteiger partial charge is 0.0497 e. The summed E-state index contributed by atoms with van der Waals surface area (Å²) in [4.78, 5) is 5.23. The van der Waals surface area contributed by atoms with Crippen molar-refractivity contribution in [1.29, 1.82) is 0 Å². The number of aliphatic hydroxyl groups is 1. The van der Waals surface area contributed by atoms with E-state index in [1.807, 2.05) is 0 Å². The maximum absolute atomic E-state index is 9.60. The molecule has 2 aliphatic heterocycles. The van der Waals surface area contributed by atoms with E-state index in [2.05, 4.69) is 23.6 Å². The fourth-order valence-electron chi connectivity index (χ4n) is 3.55. The van der Waals surface area contributed by atoms with Crippen molar-refractivity contribution in [3.8, 4) is 0 Å². The molecular weight excluding hydrogens is 212 g/mol. The second-order valence-corrected chi connectivity index (χ2v) is 6.29. The lowest BCUT2D eigenvalue weighted by Crippen LogP contribution is -2.52. The van der Waals surface area contributed by atoms with Crippen molar-refractivity contribution in [2.75, 3.05) is 39.3 Å². The summed E-state index contributed by atoms with van der Waals surface area (Å²) in [6, 6.07) is 0.799. The highest BCUT2D eigenvalue weighted by atomic mass is 16.3. The van der Waals surface area contributed by atoms with E-state index in [0.29, 0.717) is 6.61 Å². The zero-order valence-electron chi connectivity index (χ0n) is 11.5. The molecule has 3 heteroatoms. The molecule has 2 aliphatic rings. The highest BCUT2D eigenvalue weighted by Crippen LogP contribution is 2.27. The quantitative estimate of drug-likeness (QED) is 0.790. The first-order chi connectivity index (χ1) is 8.17. The van der Waals surface area contributed by atoms with Crippen molar-refractivity contribution in [1.82, 2.24) is 9.80 Å². The minimum atomic E-state index is 0.107. The van der Waals surface area contributed by atoms with Crippen LogP contribution in [0.15, 0.2) is 0 Å². The van der Waals surface area contributed by atoms with Crippen LogP contribution in [0.5, 0.6) is 0 Å². The third-order valence-electron chi connectivity index (χ3n) is 4.51. The van der Waals surface area contributed by atoms with Gasteiger partial charge in [-0.25, -0.2) is 0 Å². The molecule has 3 nitrogen and oxygen atoms in total. The van der Waals surface area contributed by atoms with Gasteiger partial charge < -0.3 is 5.11 Å². The van der Waals surface area contributed by atoms with E-state index in [-0.39, 0.29) is 5.41 Å². The Balaban J connectivity index is 1.86. The summed E-state index contributed by atoms with van der Waals surface area (Å²) in [5.74, 6) is 0. The Labute approximate surface area is 106 Å². The summed E-state index contributed by atoms with van der Waals surface area (Å²) >= 11 is 0. The zero-order valence-corrected chi connectivity index (χ0v) is 11.5. The highest BCUT2D eigenvalue weighted by Gasteiger charge is 2.33. The van der Waals surface area contributed by atoms with E-state index in [4.69, 9.17) is 0 Å². The molecule has 0 aromatic rings. The summed E-state index contributed by atoms with van der Waals surface area (Å²) in [6.45, 7) is 10.8. The van der Waals surface area contributed by atoms with E-state index < -0.39 is 0 Å². The van der Waals surface area contributed by atoms with E-state index in [1.54, 1.807) is 0 Å². The van der Waals surface area contributed by atoms with E-state index in [1.165, 1.54) is 45.4 Å². The molecule has 100 valence electrons. The predicted octanol–water partition coefficient (Wildman–Crippen LogP) is 1.57. The molecule has 0 aromatic carbocycles. The standard InChI is InChI=1S/C14H28N2O/c1-3-6-14(2,12-17)11-15-8-9-16-7-4-5-13(16)10-15/h13,17H,3-12H2,1-2H3. The Morgan fingerprint density at radius 1 is 1.29 bits per heavy atom. The second-order valence-electron chi connectivity index (χ2n) is 6.29. The minimum absolute atomic E-state index is 0.107. The normalized spacial score (nSPS) is 30.2. The van der Waals surface area contributed by atoms with Gasteiger partial charge in [-0.1, -0.05) is 20.3 Å². The highest BCUT2D eigenvalue weighted by molar-refractivity contribution is 4.89. The molecule has 2 saturated heterocycles. The molecule has 0 aliphatic carbocycles. The van der Waals surface area contributed by atoms with Crippen LogP contribution in [-0.4, -0.2) is 60.3 Å². The molecule has 0 amide bonds. The molecule has 0 spiro atoms. The zero-order chi connectivity index (χ0) is 12.3. The van der Waals surface area contributed by atoms with Gasteiger partial charge in [0.05, 0.1) is 0 Å². The van der Waals surface area contributed by atoms with Gasteiger partial charge in [-0.05, 0) is 25.8 Å². The van der Waals surface area contributed by atoms with Crippen LogP contribution < -0.4 is 0 Å². The lowest BCUT2D eigenvalue weighted by atomic mass is 9.85. The molecular formula is C14H28N2O. The first kappa shape index (κ1) is 13.3. The van der Waals surface area contributed by atoms with Gasteiger partial charge in [-0.15, -0.1) is 0 Å². The molecule has 1 N–H and O–H groups in total. The monoisotopic (exact) mass is 240 g/mol. The van der Waals surface area contributed by atoms with Gasteiger partial charge in [0.2, 0.25) is 0 Å². The fourth-order valence-corrected chi connectivity index (χ4v) is 3.55. The lowest BCUT2D eigenvalue weighted by Gasteiger charge is -2.41. The summed E-state index contributed by atoms with van der Waals surface area (Å²) in [5.41, 5.74) is 0.107. The van der Waals surface area contributed by atoms with E-state index in [0.717, 1.165) is 19.0 Å². The number of nitrogens with zero attached hydrogens (tertiary/aromatic N) is 2. The van der Waals surface area contributed by atoms with Crippen molar-refractivity contribution >= 4 is 0 Å². The molecule has 0 aromatic heterocycles. The Morgan fingerprint density at radius 2 is 2.12 bits per heavy atom. The van der Waals surface area contributed by atoms with Gasteiger partial charge in [0, 0.05) is 44.2 Å². The van der Waals surface area contributed by atoms with Gasteiger partial charge in [-0.3, -0.25) is 9.80 Å². The van der Waals surface area contributed by atoms with Crippen LogP contribution in [0.25, 0.3) is 0 Å². The Bertz CT molecular complexity index is 246. The van der Waals surface area contributed by atoms with Gasteiger partial charge in [0.25, 0.3) is 0 Å². The number of rotatable bonds is 5. The van der Waals surface area contributed by atoms with Crippen LogP contribution in [0, 0.1) is 5.41 Å². The van der Waals surface area contributed by atoms with Crippen LogP contribution >= 0.6 is 0 Å².